The number of aromatic nitrogens is 1. The normalized spacial score (nSPS) is 10.1. The summed E-state index contributed by atoms with van der Waals surface area (Å²) < 4.78 is 6.23. The van der Waals surface area contributed by atoms with Gasteiger partial charge in [0.25, 0.3) is 5.91 Å². The molecule has 2 aromatic rings. The van der Waals surface area contributed by atoms with Crippen LogP contribution in [-0.4, -0.2) is 18.0 Å². The van der Waals surface area contributed by atoms with Gasteiger partial charge in [-0.3, -0.25) is 4.79 Å². The van der Waals surface area contributed by atoms with Crippen LogP contribution >= 0.6 is 22.6 Å². The van der Waals surface area contributed by atoms with E-state index in [1.54, 1.807) is 31.5 Å². The maximum absolute atomic E-state index is 12.1. The van der Waals surface area contributed by atoms with E-state index in [2.05, 4.69) is 32.9 Å². The van der Waals surface area contributed by atoms with E-state index in [-0.39, 0.29) is 5.91 Å². The Morgan fingerprint density at radius 1 is 1.32 bits per heavy atom. The monoisotopic (exact) mass is 368 g/mol. The molecular formula is C14H13IN2O2. The maximum Gasteiger partial charge on any atom is 0.256 e. The van der Waals surface area contributed by atoms with Crippen molar-refractivity contribution >= 4 is 34.3 Å². The van der Waals surface area contributed by atoms with Crippen LogP contribution in [-0.2, 0) is 0 Å². The lowest BCUT2D eigenvalue weighted by Gasteiger charge is -2.08. The number of methoxy groups -OCH3 is 1. The summed E-state index contributed by atoms with van der Waals surface area (Å²) in [6.07, 6.45) is 1.70. The number of anilines is 1. The molecule has 0 unspecified atom stereocenters. The summed E-state index contributed by atoms with van der Waals surface area (Å²) in [5, 5.41) is 2.75. The smallest absolute Gasteiger partial charge is 0.256 e. The predicted molar refractivity (Wildman–Crippen MR) is 82.6 cm³/mol. The highest BCUT2D eigenvalue weighted by Crippen LogP contribution is 2.19. The third-order valence-electron chi connectivity index (χ3n) is 2.64. The number of hydrogen-bond donors (Lipinski definition) is 1. The Kier molecular flexibility index (Phi) is 4.36. The van der Waals surface area contributed by atoms with Crippen LogP contribution in [0.2, 0.25) is 0 Å². The molecule has 0 radical (unpaired) electrons. The third-order valence-corrected chi connectivity index (χ3v) is 3.28. The van der Waals surface area contributed by atoms with Crippen molar-refractivity contribution in [2.45, 2.75) is 6.92 Å². The van der Waals surface area contributed by atoms with Gasteiger partial charge in [0.05, 0.1) is 7.11 Å². The second kappa shape index (κ2) is 6.01. The van der Waals surface area contributed by atoms with Gasteiger partial charge in [-0.1, -0.05) is 6.07 Å². The molecule has 0 spiro atoms. The molecular weight excluding hydrogens is 355 g/mol. The molecule has 0 bridgehead atoms. The highest BCUT2D eigenvalue weighted by atomic mass is 127. The minimum Gasteiger partial charge on any atom is -0.496 e. The van der Waals surface area contributed by atoms with Gasteiger partial charge >= 0.3 is 0 Å². The highest BCUT2D eigenvalue weighted by molar-refractivity contribution is 14.1. The molecule has 19 heavy (non-hydrogen) atoms. The summed E-state index contributed by atoms with van der Waals surface area (Å²) in [6, 6.07) is 9.00. The lowest BCUT2D eigenvalue weighted by atomic mass is 10.1. The second-order valence-electron chi connectivity index (χ2n) is 4.00. The topological polar surface area (TPSA) is 51.2 Å². The largest absolute Gasteiger partial charge is 0.496 e. The van der Waals surface area contributed by atoms with Crippen molar-refractivity contribution in [2.24, 2.45) is 0 Å². The molecule has 1 N–H and O–H groups in total. The number of aryl methyl sites for hydroxylation is 1. The Balaban J connectivity index is 2.18. The zero-order valence-corrected chi connectivity index (χ0v) is 12.8. The minimum atomic E-state index is -0.202. The number of halogens is 1. The van der Waals surface area contributed by atoms with Crippen molar-refractivity contribution < 1.29 is 9.53 Å². The van der Waals surface area contributed by atoms with E-state index in [1.165, 1.54) is 0 Å². The van der Waals surface area contributed by atoms with Gasteiger partial charge in [-0.15, -0.1) is 0 Å². The van der Waals surface area contributed by atoms with Crippen LogP contribution in [0.5, 0.6) is 5.75 Å². The molecule has 1 aromatic carbocycles. The Morgan fingerprint density at radius 3 is 2.74 bits per heavy atom. The van der Waals surface area contributed by atoms with Gasteiger partial charge < -0.3 is 10.1 Å². The number of amides is 1. The van der Waals surface area contributed by atoms with E-state index in [9.17, 15) is 4.79 Å². The van der Waals surface area contributed by atoms with Crippen molar-refractivity contribution in [1.29, 1.82) is 0 Å². The first-order valence-corrected chi connectivity index (χ1v) is 6.75. The van der Waals surface area contributed by atoms with E-state index in [4.69, 9.17) is 4.74 Å². The van der Waals surface area contributed by atoms with E-state index >= 15 is 0 Å². The van der Waals surface area contributed by atoms with Crippen LogP contribution in [0.25, 0.3) is 0 Å². The molecule has 0 aliphatic rings. The minimum absolute atomic E-state index is 0.202. The summed E-state index contributed by atoms with van der Waals surface area (Å²) in [5.41, 5.74) is 1.54. The van der Waals surface area contributed by atoms with Gasteiger partial charge in [0.1, 0.15) is 11.6 Å². The molecule has 0 aliphatic carbocycles. The summed E-state index contributed by atoms with van der Waals surface area (Å²) in [5.74, 6) is 1.03. The van der Waals surface area contributed by atoms with Crippen molar-refractivity contribution in [3.63, 3.8) is 0 Å². The average molecular weight is 368 g/mol. The van der Waals surface area contributed by atoms with Crippen LogP contribution < -0.4 is 10.1 Å². The molecule has 0 saturated carbocycles. The Bertz CT molecular complexity index is 597. The first-order chi connectivity index (χ1) is 9.10. The second-order valence-corrected chi connectivity index (χ2v) is 5.25. The molecule has 1 heterocycles. The molecule has 0 aliphatic heterocycles. The van der Waals surface area contributed by atoms with Crippen molar-refractivity contribution in [3.8, 4) is 5.75 Å². The van der Waals surface area contributed by atoms with E-state index in [1.807, 2.05) is 19.1 Å². The van der Waals surface area contributed by atoms with Crippen molar-refractivity contribution in [2.75, 3.05) is 12.4 Å². The molecule has 98 valence electrons. The molecule has 0 atom stereocenters. The Labute approximate surface area is 125 Å². The number of carbonyl (C=O) groups is 1. The number of nitrogens with zero attached hydrogens (tertiary/aromatic N) is 1. The summed E-state index contributed by atoms with van der Waals surface area (Å²) in [4.78, 5) is 16.2. The van der Waals surface area contributed by atoms with Crippen LogP contribution in [0, 0.1) is 10.5 Å². The van der Waals surface area contributed by atoms with Gasteiger partial charge in [0, 0.05) is 15.3 Å². The number of nitrogens with one attached hydrogen (secondary N) is 1. The molecule has 0 fully saturated rings. The first kappa shape index (κ1) is 13.8. The number of benzene rings is 1. The third kappa shape index (κ3) is 3.44. The number of rotatable bonds is 3. The van der Waals surface area contributed by atoms with Crippen LogP contribution in [0.1, 0.15) is 15.9 Å². The summed E-state index contributed by atoms with van der Waals surface area (Å²) in [7, 11) is 1.59. The van der Waals surface area contributed by atoms with Gasteiger partial charge in [0.15, 0.2) is 0 Å². The standard InChI is InChI=1S/C14H13IN2O2/c1-9-3-4-10(7-12(9)19-2)14(18)17-13-6-5-11(15)8-16-13/h3-8H,1-2H3,(H,16,17,18). The first-order valence-electron chi connectivity index (χ1n) is 5.67. The lowest BCUT2D eigenvalue weighted by Crippen LogP contribution is -2.13. The number of ether oxygens (including phenoxy) is 1. The fourth-order valence-electron chi connectivity index (χ4n) is 1.60. The number of hydrogen-bond acceptors (Lipinski definition) is 3. The molecule has 1 aromatic heterocycles. The Morgan fingerprint density at radius 2 is 2.11 bits per heavy atom. The predicted octanol–water partition coefficient (Wildman–Crippen LogP) is 3.26. The molecule has 4 nitrogen and oxygen atoms in total. The van der Waals surface area contributed by atoms with Crippen molar-refractivity contribution in [1.82, 2.24) is 4.98 Å². The van der Waals surface area contributed by atoms with Gasteiger partial charge in [0.2, 0.25) is 0 Å². The van der Waals surface area contributed by atoms with Crippen LogP contribution in [0.3, 0.4) is 0 Å². The highest BCUT2D eigenvalue weighted by Gasteiger charge is 2.09. The summed E-state index contributed by atoms with van der Waals surface area (Å²) in [6.45, 7) is 1.93. The molecule has 1 amide bonds. The van der Waals surface area contributed by atoms with E-state index in [0.717, 1.165) is 9.13 Å². The lowest BCUT2D eigenvalue weighted by molar-refractivity contribution is 0.102. The fraction of sp³-hybridized carbons (Fsp3) is 0.143. The van der Waals surface area contributed by atoms with E-state index in [0.29, 0.717) is 17.1 Å². The van der Waals surface area contributed by atoms with Gasteiger partial charge in [-0.2, -0.15) is 0 Å². The van der Waals surface area contributed by atoms with Gasteiger partial charge in [-0.05, 0) is 59.3 Å². The average Bonchev–Trinajstić information content (AvgIpc) is 2.42. The van der Waals surface area contributed by atoms with Crippen molar-refractivity contribution in [3.05, 3.63) is 51.2 Å². The Hall–Kier alpha value is -1.63. The quantitative estimate of drug-likeness (QED) is 0.847. The zero-order valence-electron chi connectivity index (χ0n) is 10.6. The molecule has 0 saturated heterocycles. The van der Waals surface area contributed by atoms with Crippen LogP contribution in [0.4, 0.5) is 5.82 Å². The van der Waals surface area contributed by atoms with Crippen LogP contribution in [0.15, 0.2) is 36.5 Å². The number of pyridine rings is 1. The fourth-order valence-corrected chi connectivity index (χ4v) is 1.92. The number of carbonyl (C=O) groups excluding carboxylic acids is 1. The maximum atomic E-state index is 12.1. The van der Waals surface area contributed by atoms with Gasteiger partial charge in [-0.25, -0.2) is 4.98 Å². The van der Waals surface area contributed by atoms with E-state index < -0.39 is 0 Å². The molecule has 5 heteroatoms. The zero-order chi connectivity index (χ0) is 13.8. The molecule has 2 rings (SSSR count). The SMILES string of the molecule is COc1cc(C(=O)Nc2ccc(I)cn2)ccc1C. The summed E-state index contributed by atoms with van der Waals surface area (Å²) >= 11 is 2.16.